The molecule has 0 N–H and O–H groups in total. The average Bonchev–Trinajstić information content (AvgIpc) is 3.62. The van der Waals surface area contributed by atoms with E-state index < -0.39 is 0 Å². The van der Waals surface area contributed by atoms with Crippen molar-refractivity contribution >= 4 is 81.0 Å². The van der Waals surface area contributed by atoms with Crippen molar-refractivity contribution in [3.05, 3.63) is 121 Å². The average molecular weight is 546 g/mol. The molecule has 0 spiro atoms. The van der Waals surface area contributed by atoms with E-state index in [2.05, 4.69) is 109 Å². The molecule has 1 unspecified atom stereocenters. The van der Waals surface area contributed by atoms with Crippen LogP contribution in [0.5, 0.6) is 0 Å². The van der Waals surface area contributed by atoms with Gasteiger partial charge in [0.2, 0.25) is 11.7 Å². The molecule has 4 aromatic heterocycles. The highest BCUT2D eigenvalue weighted by Gasteiger charge is 2.23. The summed E-state index contributed by atoms with van der Waals surface area (Å²) in [7, 11) is 0. The molecule has 0 saturated heterocycles. The molecule has 5 heteroatoms. The lowest BCUT2D eigenvalue weighted by molar-refractivity contribution is 0.651. The van der Waals surface area contributed by atoms with Gasteiger partial charge in [0.15, 0.2) is 0 Å². The number of thiophene rings is 1. The normalized spacial score (nSPS) is 15.6. The molecule has 0 bridgehead atoms. The minimum atomic E-state index is 0.276. The van der Waals surface area contributed by atoms with E-state index in [4.69, 9.17) is 14.4 Å². The fourth-order valence-electron chi connectivity index (χ4n) is 6.31. The second kappa shape index (κ2) is 8.50. The van der Waals surface area contributed by atoms with Crippen LogP contribution >= 0.6 is 11.3 Å². The van der Waals surface area contributed by atoms with Crippen LogP contribution in [-0.2, 0) is 0 Å². The summed E-state index contributed by atoms with van der Waals surface area (Å²) in [6, 6.07) is 29.8. The Morgan fingerprint density at radius 1 is 0.756 bits per heavy atom. The topological polar surface area (TPSA) is 43.9 Å². The first kappa shape index (κ1) is 22.8. The molecule has 9 rings (SSSR count). The Balaban J connectivity index is 1.46. The highest BCUT2D eigenvalue weighted by atomic mass is 32.1. The van der Waals surface area contributed by atoms with Crippen molar-refractivity contribution < 1.29 is 4.42 Å². The minimum absolute atomic E-state index is 0.276. The molecule has 4 heterocycles. The van der Waals surface area contributed by atoms with Crippen LogP contribution in [0.2, 0.25) is 0 Å². The highest BCUT2D eigenvalue weighted by molar-refractivity contribution is 7.26. The van der Waals surface area contributed by atoms with Crippen LogP contribution in [0.1, 0.15) is 12.6 Å². The van der Waals surface area contributed by atoms with Gasteiger partial charge < -0.3 is 4.42 Å². The van der Waals surface area contributed by atoms with Gasteiger partial charge in [-0.05, 0) is 29.7 Å². The van der Waals surface area contributed by atoms with Crippen molar-refractivity contribution in [2.75, 3.05) is 0 Å². The SMILES string of the molecule is CC1C=CC=CC(c2nc(-n3c4ccccc4c4ccc5c6ccccc6sc5c43)nc3oc4ccccc4c23)=C1. The Morgan fingerprint density at radius 3 is 2.46 bits per heavy atom. The first-order valence-corrected chi connectivity index (χ1v) is 14.7. The smallest absolute Gasteiger partial charge is 0.238 e. The van der Waals surface area contributed by atoms with Gasteiger partial charge in [-0.15, -0.1) is 11.3 Å². The monoisotopic (exact) mass is 545 g/mol. The van der Waals surface area contributed by atoms with E-state index in [1.165, 1.54) is 30.9 Å². The van der Waals surface area contributed by atoms with Crippen LogP contribution in [0.3, 0.4) is 0 Å². The van der Waals surface area contributed by atoms with E-state index >= 15 is 0 Å². The number of furan rings is 1. The Kier molecular flexibility index (Phi) is 4.72. The number of hydrogen-bond donors (Lipinski definition) is 0. The number of hydrogen-bond acceptors (Lipinski definition) is 4. The summed E-state index contributed by atoms with van der Waals surface area (Å²) in [6.45, 7) is 2.20. The second-order valence-electron chi connectivity index (χ2n) is 10.7. The summed E-state index contributed by atoms with van der Waals surface area (Å²) >= 11 is 1.83. The Bertz CT molecular complexity index is 2450. The molecule has 1 atom stereocenters. The Hall–Kier alpha value is -5.00. The Labute approximate surface area is 239 Å². The largest absolute Gasteiger partial charge is 0.437 e. The number of rotatable bonds is 2. The summed E-state index contributed by atoms with van der Waals surface area (Å²) in [4.78, 5) is 10.5. The van der Waals surface area contributed by atoms with E-state index in [9.17, 15) is 0 Å². The van der Waals surface area contributed by atoms with Crippen LogP contribution in [0.15, 0.2) is 120 Å². The van der Waals surface area contributed by atoms with Gasteiger partial charge in [-0.1, -0.05) is 104 Å². The first-order chi connectivity index (χ1) is 20.2. The van der Waals surface area contributed by atoms with Crippen LogP contribution in [0.25, 0.3) is 75.6 Å². The van der Waals surface area contributed by atoms with Gasteiger partial charge in [-0.3, -0.25) is 4.57 Å². The maximum atomic E-state index is 6.41. The lowest BCUT2D eigenvalue weighted by Crippen LogP contribution is -2.04. The predicted octanol–water partition coefficient (Wildman–Crippen LogP) is 9.99. The number of aromatic nitrogens is 3. The van der Waals surface area contributed by atoms with Crippen molar-refractivity contribution in [1.29, 1.82) is 0 Å². The zero-order chi connectivity index (χ0) is 27.1. The van der Waals surface area contributed by atoms with E-state index in [-0.39, 0.29) is 5.92 Å². The van der Waals surface area contributed by atoms with Gasteiger partial charge in [0.05, 0.1) is 26.8 Å². The first-order valence-electron chi connectivity index (χ1n) is 13.8. The van der Waals surface area contributed by atoms with Crippen molar-refractivity contribution in [2.24, 2.45) is 5.92 Å². The van der Waals surface area contributed by atoms with Crippen LogP contribution < -0.4 is 0 Å². The van der Waals surface area contributed by atoms with E-state index in [0.717, 1.165) is 38.7 Å². The number of fused-ring (bicyclic) bond motifs is 10. The molecule has 8 aromatic rings. The molecule has 0 amide bonds. The molecule has 0 fully saturated rings. The van der Waals surface area contributed by atoms with E-state index in [1.807, 2.05) is 29.5 Å². The summed E-state index contributed by atoms with van der Waals surface area (Å²) in [5, 5.41) is 6.88. The number of para-hydroxylation sites is 2. The van der Waals surface area contributed by atoms with Gasteiger partial charge in [-0.25, -0.2) is 4.98 Å². The second-order valence-corrected chi connectivity index (χ2v) is 11.7. The maximum absolute atomic E-state index is 6.41. The quantitative estimate of drug-likeness (QED) is 0.217. The molecule has 0 saturated carbocycles. The van der Waals surface area contributed by atoms with Crippen LogP contribution in [0.4, 0.5) is 0 Å². The minimum Gasteiger partial charge on any atom is -0.437 e. The third-order valence-corrected chi connectivity index (χ3v) is 9.32. The van der Waals surface area contributed by atoms with Gasteiger partial charge in [0.1, 0.15) is 5.58 Å². The zero-order valence-corrected chi connectivity index (χ0v) is 23.0. The number of allylic oxidation sites excluding steroid dienone is 6. The molecular formula is C36H23N3OS. The molecule has 41 heavy (non-hydrogen) atoms. The third-order valence-electron chi connectivity index (χ3n) is 8.12. The van der Waals surface area contributed by atoms with Crippen LogP contribution in [-0.4, -0.2) is 14.5 Å². The fraction of sp³-hybridized carbons (Fsp3) is 0.0556. The molecule has 4 aromatic carbocycles. The van der Waals surface area contributed by atoms with Crippen LogP contribution in [0, 0.1) is 5.92 Å². The maximum Gasteiger partial charge on any atom is 0.238 e. The fourth-order valence-corrected chi connectivity index (χ4v) is 7.55. The summed E-state index contributed by atoms with van der Waals surface area (Å²) in [5.41, 5.74) is 5.57. The van der Waals surface area contributed by atoms with Gasteiger partial charge in [-0.2, -0.15) is 4.98 Å². The number of nitrogens with zero attached hydrogens (tertiary/aromatic N) is 3. The van der Waals surface area contributed by atoms with Gasteiger partial charge in [0.25, 0.3) is 0 Å². The molecule has 1 aliphatic carbocycles. The van der Waals surface area contributed by atoms with Crippen molar-refractivity contribution in [3.63, 3.8) is 0 Å². The summed E-state index contributed by atoms with van der Waals surface area (Å²) in [6.07, 6.45) is 10.8. The predicted molar refractivity (Wildman–Crippen MR) is 172 cm³/mol. The van der Waals surface area contributed by atoms with Crippen molar-refractivity contribution in [1.82, 2.24) is 14.5 Å². The molecule has 0 aliphatic heterocycles. The summed E-state index contributed by atoms with van der Waals surface area (Å²) < 4.78 is 11.2. The van der Waals surface area contributed by atoms with E-state index in [1.54, 1.807) is 0 Å². The zero-order valence-electron chi connectivity index (χ0n) is 22.2. The van der Waals surface area contributed by atoms with E-state index in [0.29, 0.717) is 11.7 Å². The standard InChI is InChI=1S/C36H23N3OS/c1-21-10-2-3-11-22(20-21)32-31-27-14-5-8-16-29(27)40-35(31)38-36(37-32)39-28-15-7-4-12-23(28)25-18-19-26-24-13-6-9-17-30(24)41-34(26)33(25)39/h2-21H,1H3. The van der Waals surface area contributed by atoms with Crippen molar-refractivity contribution in [2.45, 2.75) is 6.92 Å². The molecule has 4 nitrogen and oxygen atoms in total. The molecule has 0 radical (unpaired) electrons. The molecular weight excluding hydrogens is 522 g/mol. The van der Waals surface area contributed by atoms with Gasteiger partial charge >= 0.3 is 0 Å². The molecule has 194 valence electrons. The highest BCUT2D eigenvalue weighted by Crippen LogP contribution is 2.43. The number of benzene rings is 4. The molecule has 1 aliphatic rings. The lowest BCUT2D eigenvalue weighted by Gasteiger charge is -2.11. The Morgan fingerprint density at radius 2 is 1.54 bits per heavy atom. The lowest BCUT2D eigenvalue weighted by atomic mass is 10.0. The summed E-state index contributed by atoms with van der Waals surface area (Å²) in [5.74, 6) is 0.889. The van der Waals surface area contributed by atoms with Gasteiger partial charge in [0, 0.05) is 31.6 Å². The third kappa shape index (κ3) is 3.27. The van der Waals surface area contributed by atoms with Crippen molar-refractivity contribution in [3.8, 4) is 5.95 Å².